The summed E-state index contributed by atoms with van der Waals surface area (Å²) in [6, 6.07) is 17.3. The van der Waals surface area contributed by atoms with Gasteiger partial charge in [-0.3, -0.25) is 4.79 Å². The van der Waals surface area contributed by atoms with Crippen molar-refractivity contribution in [3.63, 3.8) is 0 Å². The van der Waals surface area contributed by atoms with Gasteiger partial charge >= 0.3 is 0 Å². The third-order valence-electron chi connectivity index (χ3n) is 4.35. The van der Waals surface area contributed by atoms with Crippen molar-refractivity contribution in [3.8, 4) is 0 Å². The second kappa shape index (κ2) is 7.27. The Morgan fingerprint density at radius 1 is 1.19 bits per heavy atom. The first-order valence-electron chi connectivity index (χ1n) is 8.32. The average Bonchev–Trinajstić information content (AvgIpc) is 3.11. The molecule has 1 aliphatic rings. The molecular weight excluding hydrogens is 352 g/mol. The van der Waals surface area contributed by atoms with Crippen molar-refractivity contribution in [2.75, 3.05) is 0 Å². The summed E-state index contributed by atoms with van der Waals surface area (Å²) < 4.78 is 7.65. The minimum absolute atomic E-state index is 0.137. The van der Waals surface area contributed by atoms with E-state index in [4.69, 9.17) is 16.3 Å². The summed E-state index contributed by atoms with van der Waals surface area (Å²) in [4.78, 5) is 12.4. The lowest BCUT2D eigenvalue weighted by Crippen LogP contribution is -2.27. The normalized spacial score (nSPS) is 16.1. The lowest BCUT2D eigenvalue weighted by atomic mass is 10.1. The van der Waals surface area contributed by atoms with Crippen LogP contribution in [0.5, 0.6) is 0 Å². The summed E-state index contributed by atoms with van der Waals surface area (Å²) in [6.45, 7) is 1.24. The monoisotopic (exact) mass is 368 g/mol. The quantitative estimate of drug-likeness (QED) is 0.768. The lowest BCUT2D eigenvalue weighted by Gasteiger charge is -2.24. The van der Waals surface area contributed by atoms with Crippen LogP contribution in [-0.4, -0.2) is 20.9 Å². The molecule has 0 saturated carbocycles. The molecule has 1 atom stereocenters. The maximum absolute atomic E-state index is 12.4. The van der Waals surface area contributed by atoms with Gasteiger partial charge in [-0.1, -0.05) is 59.3 Å². The second-order valence-electron chi connectivity index (χ2n) is 6.09. The van der Waals surface area contributed by atoms with Crippen molar-refractivity contribution in [1.29, 1.82) is 0 Å². The van der Waals surface area contributed by atoms with E-state index in [2.05, 4.69) is 15.6 Å². The van der Waals surface area contributed by atoms with Crippen LogP contribution in [0.1, 0.15) is 33.4 Å². The Kier molecular flexibility index (Phi) is 4.69. The third kappa shape index (κ3) is 3.47. The largest absolute Gasteiger partial charge is 0.365 e. The van der Waals surface area contributed by atoms with Crippen LogP contribution in [0.15, 0.2) is 54.6 Å². The number of benzene rings is 2. The summed E-state index contributed by atoms with van der Waals surface area (Å²) in [5.74, 6) is -0.247. The van der Waals surface area contributed by atoms with Crippen LogP contribution >= 0.6 is 11.6 Å². The van der Waals surface area contributed by atoms with Crippen LogP contribution in [-0.2, 0) is 24.4 Å². The first kappa shape index (κ1) is 16.8. The number of halogens is 1. The molecule has 3 aromatic rings. The smallest absolute Gasteiger partial charge is 0.274 e. The molecule has 0 fully saturated rings. The number of nitrogens with one attached hydrogen (secondary N) is 1. The highest BCUT2D eigenvalue weighted by molar-refractivity contribution is 6.30. The minimum atomic E-state index is -0.247. The van der Waals surface area contributed by atoms with E-state index in [1.165, 1.54) is 0 Å². The fourth-order valence-electron chi connectivity index (χ4n) is 2.93. The fourth-order valence-corrected chi connectivity index (χ4v) is 3.05. The molecule has 1 N–H and O–H groups in total. The zero-order valence-electron chi connectivity index (χ0n) is 13.9. The molecule has 2 aromatic carbocycles. The predicted molar refractivity (Wildman–Crippen MR) is 96.6 cm³/mol. The molecule has 26 heavy (non-hydrogen) atoms. The lowest BCUT2D eigenvalue weighted by molar-refractivity contribution is -0.00176. The molecule has 2 heterocycles. The number of fused-ring (bicyclic) bond motifs is 1. The van der Waals surface area contributed by atoms with E-state index in [9.17, 15) is 4.79 Å². The Morgan fingerprint density at radius 2 is 1.96 bits per heavy atom. The Balaban J connectivity index is 1.45. The van der Waals surface area contributed by atoms with E-state index in [-0.39, 0.29) is 18.6 Å². The standard InChI is InChI=1S/C19H17ClN4O2/c20-15-8-6-14(7-9-15)17-11-24-16(12-26-17)18(22-23-24)19(25)21-10-13-4-2-1-3-5-13/h1-9,17H,10-12H2,(H,21,25). The van der Waals surface area contributed by atoms with Gasteiger partial charge in [-0.2, -0.15) is 0 Å². The van der Waals surface area contributed by atoms with Gasteiger partial charge in [0.25, 0.3) is 5.91 Å². The number of carbonyl (C=O) groups excluding carboxylic acids is 1. The molecule has 0 saturated heterocycles. The van der Waals surface area contributed by atoms with Gasteiger partial charge in [0.2, 0.25) is 0 Å². The minimum Gasteiger partial charge on any atom is -0.365 e. The maximum atomic E-state index is 12.4. The van der Waals surface area contributed by atoms with E-state index in [1.54, 1.807) is 4.68 Å². The van der Waals surface area contributed by atoms with Crippen LogP contribution in [0.25, 0.3) is 0 Å². The van der Waals surface area contributed by atoms with E-state index in [0.717, 1.165) is 11.1 Å². The number of rotatable bonds is 4. The van der Waals surface area contributed by atoms with Crippen molar-refractivity contribution < 1.29 is 9.53 Å². The number of carbonyl (C=O) groups is 1. The zero-order valence-corrected chi connectivity index (χ0v) is 14.7. The van der Waals surface area contributed by atoms with Gasteiger partial charge < -0.3 is 10.1 Å². The Bertz CT molecular complexity index is 909. The van der Waals surface area contributed by atoms with E-state index in [1.807, 2.05) is 54.6 Å². The summed E-state index contributed by atoms with van der Waals surface area (Å²) in [7, 11) is 0. The maximum Gasteiger partial charge on any atom is 0.274 e. The third-order valence-corrected chi connectivity index (χ3v) is 4.60. The van der Waals surface area contributed by atoms with Gasteiger partial charge in [0.05, 0.1) is 18.8 Å². The Hall–Kier alpha value is -2.70. The summed E-state index contributed by atoms with van der Waals surface area (Å²) >= 11 is 5.93. The molecule has 0 spiro atoms. The van der Waals surface area contributed by atoms with Crippen LogP contribution in [0.2, 0.25) is 5.02 Å². The Labute approximate surface area is 155 Å². The molecular formula is C19H17ClN4O2. The highest BCUT2D eigenvalue weighted by atomic mass is 35.5. The molecule has 0 bridgehead atoms. The summed E-state index contributed by atoms with van der Waals surface area (Å²) in [5, 5.41) is 11.7. The Morgan fingerprint density at radius 3 is 2.73 bits per heavy atom. The zero-order chi connectivity index (χ0) is 17.9. The second-order valence-corrected chi connectivity index (χ2v) is 6.52. The highest BCUT2D eigenvalue weighted by Gasteiger charge is 2.27. The molecule has 132 valence electrons. The number of aromatic nitrogens is 3. The first-order chi connectivity index (χ1) is 12.7. The number of ether oxygens (including phenoxy) is 1. The molecule has 7 heteroatoms. The molecule has 0 aliphatic carbocycles. The van der Waals surface area contributed by atoms with E-state index >= 15 is 0 Å². The van der Waals surface area contributed by atoms with Crippen LogP contribution in [0.4, 0.5) is 0 Å². The van der Waals surface area contributed by atoms with Crippen molar-refractivity contribution in [2.45, 2.75) is 25.8 Å². The van der Waals surface area contributed by atoms with Crippen molar-refractivity contribution >= 4 is 17.5 Å². The van der Waals surface area contributed by atoms with Gasteiger partial charge in [-0.25, -0.2) is 4.68 Å². The number of hydrogen-bond donors (Lipinski definition) is 1. The molecule has 0 radical (unpaired) electrons. The van der Waals surface area contributed by atoms with Crippen LogP contribution in [0, 0.1) is 0 Å². The highest BCUT2D eigenvalue weighted by Crippen LogP contribution is 2.27. The number of hydrogen-bond acceptors (Lipinski definition) is 4. The van der Waals surface area contributed by atoms with Gasteiger partial charge in [-0.05, 0) is 23.3 Å². The predicted octanol–water partition coefficient (Wildman–Crippen LogP) is 3.13. The number of amides is 1. The van der Waals surface area contributed by atoms with E-state index < -0.39 is 0 Å². The van der Waals surface area contributed by atoms with Crippen LogP contribution < -0.4 is 5.32 Å². The number of nitrogens with zero attached hydrogens (tertiary/aromatic N) is 3. The van der Waals surface area contributed by atoms with Crippen molar-refractivity contribution in [1.82, 2.24) is 20.3 Å². The molecule has 1 unspecified atom stereocenters. The topological polar surface area (TPSA) is 69.0 Å². The van der Waals surface area contributed by atoms with Crippen molar-refractivity contribution in [2.24, 2.45) is 0 Å². The van der Waals surface area contributed by atoms with Gasteiger partial charge in [0, 0.05) is 11.6 Å². The molecule has 1 aliphatic heterocycles. The van der Waals surface area contributed by atoms with Crippen molar-refractivity contribution in [3.05, 3.63) is 82.1 Å². The average molecular weight is 369 g/mol. The van der Waals surface area contributed by atoms with Crippen LogP contribution in [0.3, 0.4) is 0 Å². The fraction of sp³-hybridized carbons (Fsp3) is 0.211. The SMILES string of the molecule is O=C(NCc1ccccc1)c1nnn2c1COC(c1ccc(Cl)cc1)C2. The summed E-state index contributed by atoms with van der Waals surface area (Å²) in [5.41, 5.74) is 3.06. The van der Waals surface area contributed by atoms with Gasteiger partial charge in [0.15, 0.2) is 5.69 Å². The molecule has 1 amide bonds. The molecule has 4 rings (SSSR count). The van der Waals surface area contributed by atoms with Gasteiger partial charge in [0.1, 0.15) is 6.10 Å². The summed E-state index contributed by atoms with van der Waals surface area (Å²) in [6.07, 6.45) is -0.137. The first-order valence-corrected chi connectivity index (χ1v) is 8.70. The molecule has 1 aromatic heterocycles. The molecule has 6 nitrogen and oxygen atoms in total. The van der Waals surface area contributed by atoms with E-state index in [0.29, 0.717) is 29.5 Å². The van der Waals surface area contributed by atoms with Gasteiger partial charge in [-0.15, -0.1) is 5.10 Å².